The summed E-state index contributed by atoms with van der Waals surface area (Å²) in [6.07, 6.45) is 1.73. The van der Waals surface area contributed by atoms with Crippen molar-refractivity contribution in [2.24, 2.45) is 5.73 Å². The third-order valence-corrected chi connectivity index (χ3v) is 2.47. The number of hydrogen-bond donors (Lipinski definition) is 1. The highest BCUT2D eigenvalue weighted by atomic mass is 16.5. The molecule has 0 aliphatic rings. The van der Waals surface area contributed by atoms with E-state index in [4.69, 9.17) is 10.5 Å². The van der Waals surface area contributed by atoms with Crippen LogP contribution in [0.5, 0.6) is 5.75 Å². The molecule has 1 aromatic carbocycles. The van der Waals surface area contributed by atoms with Crippen LogP contribution >= 0.6 is 0 Å². The van der Waals surface area contributed by atoms with Gasteiger partial charge in [0.15, 0.2) is 0 Å². The van der Waals surface area contributed by atoms with Crippen molar-refractivity contribution in [1.29, 1.82) is 0 Å². The van der Waals surface area contributed by atoms with Gasteiger partial charge in [-0.1, -0.05) is 30.3 Å². The van der Waals surface area contributed by atoms with E-state index in [2.05, 4.69) is 4.98 Å². The van der Waals surface area contributed by atoms with Gasteiger partial charge >= 0.3 is 0 Å². The number of nitrogens with zero attached hydrogens (tertiary/aromatic N) is 1. The third kappa shape index (κ3) is 3.04. The van der Waals surface area contributed by atoms with Crippen molar-refractivity contribution >= 4 is 0 Å². The first kappa shape index (κ1) is 11.6. The van der Waals surface area contributed by atoms with E-state index in [0.29, 0.717) is 6.61 Å². The van der Waals surface area contributed by atoms with E-state index >= 15 is 0 Å². The SMILES string of the molecule is C[C@H](N)c1ncccc1OCc1ccccc1. The van der Waals surface area contributed by atoms with Crippen LogP contribution in [0.1, 0.15) is 24.2 Å². The lowest BCUT2D eigenvalue weighted by atomic mass is 10.2. The van der Waals surface area contributed by atoms with E-state index in [9.17, 15) is 0 Å². The summed E-state index contributed by atoms with van der Waals surface area (Å²) < 4.78 is 5.74. The molecule has 3 heteroatoms. The first-order chi connectivity index (χ1) is 8.27. The van der Waals surface area contributed by atoms with Gasteiger partial charge in [-0.05, 0) is 24.6 Å². The minimum absolute atomic E-state index is 0.123. The van der Waals surface area contributed by atoms with Crippen LogP contribution in [0.25, 0.3) is 0 Å². The van der Waals surface area contributed by atoms with Crippen LogP contribution in [0.4, 0.5) is 0 Å². The summed E-state index contributed by atoms with van der Waals surface area (Å²) in [4.78, 5) is 4.24. The highest BCUT2D eigenvalue weighted by Gasteiger charge is 2.08. The summed E-state index contributed by atoms with van der Waals surface area (Å²) >= 11 is 0. The Morgan fingerprint density at radius 3 is 2.65 bits per heavy atom. The zero-order valence-electron chi connectivity index (χ0n) is 9.84. The quantitative estimate of drug-likeness (QED) is 0.875. The highest BCUT2D eigenvalue weighted by Crippen LogP contribution is 2.21. The van der Waals surface area contributed by atoms with Crippen LogP contribution in [-0.4, -0.2) is 4.98 Å². The molecule has 2 aromatic rings. The molecule has 88 valence electrons. The Bertz CT molecular complexity index is 469. The van der Waals surface area contributed by atoms with Crippen LogP contribution in [0, 0.1) is 0 Å². The summed E-state index contributed by atoms with van der Waals surface area (Å²) in [7, 11) is 0. The number of aromatic nitrogens is 1. The molecule has 0 bridgehead atoms. The Balaban J connectivity index is 2.09. The molecule has 0 unspecified atom stereocenters. The zero-order chi connectivity index (χ0) is 12.1. The molecular weight excluding hydrogens is 212 g/mol. The summed E-state index contributed by atoms with van der Waals surface area (Å²) in [5.74, 6) is 0.756. The first-order valence-electron chi connectivity index (χ1n) is 5.64. The number of rotatable bonds is 4. The molecule has 0 radical (unpaired) electrons. The van der Waals surface area contributed by atoms with Crippen LogP contribution in [-0.2, 0) is 6.61 Å². The van der Waals surface area contributed by atoms with E-state index < -0.39 is 0 Å². The molecule has 0 saturated carbocycles. The maximum absolute atomic E-state index is 5.84. The summed E-state index contributed by atoms with van der Waals surface area (Å²) in [6.45, 7) is 2.43. The van der Waals surface area contributed by atoms with Gasteiger partial charge in [-0.2, -0.15) is 0 Å². The Hall–Kier alpha value is -1.87. The van der Waals surface area contributed by atoms with Crippen molar-refractivity contribution < 1.29 is 4.74 Å². The Kier molecular flexibility index (Phi) is 3.73. The Morgan fingerprint density at radius 1 is 1.18 bits per heavy atom. The van der Waals surface area contributed by atoms with Crippen molar-refractivity contribution in [1.82, 2.24) is 4.98 Å². The van der Waals surface area contributed by atoms with Crippen molar-refractivity contribution in [3.05, 3.63) is 59.9 Å². The van der Waals surface area contributed by atoms with Gasteiger partial charge in [0.25, 0.3) is 0 Å². The van der Waals surface area contributed by atoms with Crippen molar-refractivity contribution in [2.75, 3.05) is 0 Å². The minimum atomic E-state index is -0.123. The van der Waals surface area contributed by atoms with Gasteiger partial charge < -0.3 is 10.5 Å². The maximum Gasteiger partial charge on any atom is 0.142 e. The average Bonchev–Trinajstić information content (AvgIpc) is 2.38. The molecule has 0 amide bonds. The lowest BCUT2D eigenvalue weighted by Gasteiger charge is -2.12. The van der Waals surface area contributed by atoms with E-state index in [1.165, 1.54) is 0 Å². The second-order valence-electron chi connectivity index (χ2n) is 3.95. The molecule has 3 nitrogen and oxygen atoms in total. The van der Waals surface area contributed by atoms with Crippen LogP contribution in [0.3, 0.4) is 0 Å². The van der Waals surface area contributed by atoms with E-state index in [1.54, 1.807) is 6.20 Å². The molecule has 0 spiro atoms. The van der Waals surface area contributed by atoms with Crippen LogP contribution in [0.15, 0.2) is 48.7 Å². The standard InChI is InChI=1S/C14H16N2O/c1-11(15)14-13(8-5-9-16-14)17-10-12-6-3-2-4-7-12/h2-9,11H,10,15H2,1H3/t11-/m0/s1. The lowest BCUT2D eigenvalue weighted by Crippen LogP contribution is -2.10. The zero-order valence-corrected chi connectivity index (χ0v) is 9.84. The Morgan fingerprint density at radius 2 is 1.94 bits per heavy atom. The van der Waals surface area contributed by atoms with Gasteiger partial charge in [0.05, 0.1) is 5.69 Å². The molecule has 17 heavy (non-hydrogen) atoms. The summed E-state index contributed by atoms with van der Waals surface area (Å²) in [5, 5.41) is 0. The lowest BCUT2D eigenvalue weighted by molar-refractivity contribution is 0.299. The first-order valence-corrected chi connectivity index (χ1v) is 5.64. The normalized spacial score (nSPS) is 12.1. The van der Waals surface area contributed by atoms with Crippen molar-refractivity contribution in [3.8, 4) is 5.75 Å². The third-order valence-electron chi connectivity index (χ3n) is 2.47. The molecule has 1 atom stereocenters. The highest BCUT2D eigenvalue weighted by molar-refractivity contribution is 5.29. The summed E-state index contributed by atoms with van der Waals surface area (Å²) in [5.41, 5.74) is 7.77. The monoisotopic (exact) mass is 228 g/mol. The predicted octanol–water partition coefficient (Wildman–Crippen LogP) is 2.68. The second-order valence-corrected chi connectivity index (χ2v) is 3.95. The van der Waals surface area contributed by atoms with Crippen LogP contribution < -0.4 is 10.5 Å². The largest absolute Gasteiger partial charge is 0.487 e. The van der Waals surface area contributed by atoms with Gasteiger partial charge in [0, 0.05) is 12.2 Å². The average molecular weight is 228 g/mol. The van der Waals surface area contributed by atoms with Crippen LogP contribution in [0.2, 0.25) is 0 Å². The minimum Gasteiger partial charge on any atom is -0.487 e. The maximum atomic E-state index is 5.84. The Labute approximate surface area is 101 Å². The number of pyridine rings is 1. The number of ether oxygens (including phenoxy) is 1. The van der Waals surface area contributed by atoms with E-state index in [0.717, 1.165) is 17.0 Å². The molecule has 0 saturated heterocycles. The summed E-state index contributed by atoms with van der Waals surface area (Å²) in [6, 6.07) is 13.7. The molecule has 2 rings (SSSR count). The van der Waals surface area contributed by atoms with Gasteiger partial charge in [-0.3, -0.25) is 4.98 Å². The second kappa shape index (κ2) is 5.46. The van der Waals surface area contributed by atoms with E-state index in [-0.39, 0.29) is 6.04 Å². The topological polar surface area (TPSA) is 48.1 Å². The number of hydrogen-bond acceptors (Lipinski definition) is 3. The molecule has 0 aliphatic carbocycles. The van der Waals surface area contributed by atoms with Gasteiger partial charge in [-0.25, -0.2) is 0 Å². The number of benzene rings is 1. The fraction of sp³-hybridized carbons (Fsp3) is 0.214. The molecule has 2 N–H and O–H groups in total. The molecule has 1 heterocycles. The van der Waals surface area contributed by atoms with E-state index in [1.807, 2.05) is 49.4 Å². The molecule has 1 aromatic heterocycles. The van der Waals surface area contributed by atoms with Crippen molar-refractivity contribution in [2.45, 2.75) is 19.6 Å². The fourth-order valence-corrected chi connectivity index (χ4v) is 1.60. The predicted molar refractivity (Wildman–Crippen MR) is 67.6 cm³/mol. The smallest absolute Gasteiger partial charge is 0.142 e. The molecule has 0 aliphatic heterocycles. The van der Waals surface area contributed by atoms with Gasteiger partial charge in [0.2, 0.25) is 0 Å². The number of nitrogens with two attached hydrogens (primary N) is 1. The van der Waals surface area contributed by atoms with Gasteiger partial charge in [0.1, 0.15) is 12.4 Å². The molecular formula is C14H16N2O. The fourth-order valence-electron chi connectivity index (χ4n) is 1.60. The van der Waals surface area contributed by atoms with Gasteiger partial charge in [-0.15, -0.1) is 0 Å². The molecule has 0 fully saturated rings. The van der Waals surface area contributed by atoms with Crippen molar-refractivity contribution in [3.63, 3.8) is 0 Å².